The maximum atomic E-state index is 13.6. The van der Waals surface area contributed by atoms with Crippen LogP contribution < -0.4 is 10.5 Å². The maximum Gasteiger partial charge on any atom is 0.256 e. The molecule has 1 aromatic carbocycles. The number of nitrogens with two attached hydrogens (primary N) is 1. The predicted octanol–water partition coefficient (Wildman–Crippen LogP) is 5.97. The summed E-state index contributed by atoms with van der Waals surface area (Å²) in [5.74, 6) is 0.592. The van der Waals surface area contributed by atoms with Gasteiger partial charge in [0, 0.05) is 17.1 Å². The van der Waals surface area contributed by atoms with E-state index in [2.05, 4.69) is 57.5 Å². The number of amides is 1. The van der Waals surface area contributed by atoms with Gasteiger partial charge in [-0.15, -0.1) is 11.3 Å². The lowest BCUT2D eigenvalue weighted by atomic mass is 9.97. The second-order valence-corrected chi connectivity index (χ2v) is 15.8. The molecule has 3 rings (SSSR count). The van der Waals surface area contributed by atoms with Crippen LogP contribution in [0.15, 0.2) is 35.7 Å². The highest BCUT2D eigenvalue weighted by atomic mass is 32.1. The molecular formula is C25H36N2O3SSi. The highest BCUT2D eigenvalue weighted by molar-refractivity contribution is 7.11. The largest absolute Gasteiger partial charge is 0.496 e. The van der Waals surface area contributed by atoms with Gasteiger partial charge in [-0.1, -0.05) is 32.9 Å². The number of benzene rings is 1. The van der Waals surface area contributed by atoms with E-state index >= 15 is 0 Å². The highest BCUT2D eigenvalue weighted by Crippen LogP contribution is 2.38. The summed E-state index contributed by atoms with van der Waals surface area (Å²) in [7, 11) is -0.343. The lowest BCUT2D eigenvalue weighted by Crippen LogP contribution is -2.49. The number of ether oxygens (including phenoxy) is 1. The Labute approximate surface area is 197 Å². The van der Waals surface area contributed by atoms with Crippen LogP contribution in [0, 0.1) is 6.92 Å². The van der Waals surface area contributed by atoms with Gasteiger partial charge in [0.15, 0.2) is 8.32 Å². The number of hydrogen-bond acceptors (Lipinski definition) is 5. The summed E-state index contributed by atoms with van der Waals surface area (Å²) >= 11 is 1.73. The van der Waals surface area contributed by atoms with E-state index < -0.39 is 8.32 Å². The molecule has 1 aliphatic heterocycles. The van der Waals surface area contributed by atoms with Crippen molar-refractivity contribution in [3.63, 3.8) is 0 Å². The number of nitrogen functional groups attached to an aromatic ring is 1. The number of hydrogen-bond donors (Lipinski definition) is 1. The summed E-state index contributed by atoms with van der Waals surface area (Å²) in [6.45, 7) is 14.2. The Balaban J connectivity index is 1.91. The fourth-order valence-corrected chi connectivity index (χ4v) is 5.48. The maximum absolute atomic E-state index is 13.6. The van der Waals surface area contributed by atoms with Crippen molar-refractivity contribution in [2.24, 2.45) is 0 Å². The number of rotatable bonds is 6. The van der Waals surface area contributed by atoms with Crippen LogP contribution in [0.2, 0.25) is 18.1 Å². The smallest absolute Gasteiger partial charge is 0.256 e. The first-order valence-corrected chi connectivity index (χ1v) is 14.9. The van der Waals surface area contributed by atoms with Crippen LogP contribution in [-0.2, 0) is 4.43 Å². The van der Waals surface area contributed by atoms with Gasteiger partial charge in [0.1, 0.15) is 5.75 Å². The van der Waals surface area contributed by atoms with Gasteiger partial charge >= 0.3 is 0 Å². The summed E-state index contributed by atoms with van der Waals surface area (Å²) in [4.78, 5) is 16.8. The molecule has 174 valence electrons. The zero-order valence-corrected chi connectivity index (χ0v) is 22.1. The van der Waals surface area contributed by atoms with Gasteiger partial charge in [-0.2, -0.15) is 0 Å². The van der Waals surface area contributed by atoms with Crippen LogP contribution in [0.25, 0.3) is 5.57 Å². The van der Waals surface area contributed by atoms with Gasteiger partial charge in [0.05, 0.1) is 25.3 Å². The molecule has 1 atom stereocenters. The van der Waals surface area contributed by atoms with Gasteiger partial charge in [0.25, 0.3) is 5.91 Å². The highest BCUT2D eigenvalue weighted by Gasteiger charge is 2.39. The Hall–Kier alpha value is -2.09. The third-order valence-corrected chi connectivity index (χ3v) is 12.2. The van der Waals surface area contributed by atoms with E-state index in [1.165, 1.54) is 10.5 Å². The standard InChI is InChI=1S/C25H36N2O3SSi/c1-17-13-21(26)20(15-22(17)29-5)24(28)27-11-10-18(23-9-8-12-31-23)14-19(27)16-30-32(6,7)25(2,3)4/h8-10,12-13,15,19H,11,14,16,26H2,1-7H3/t19-/m0/s1. The first-order valence-electron chi connectivity index (χ1n) is 11.1. The molecule has 2 N–H and O–H groups in total. The molecule has 32 heavy (non-hydrogen) atoms. The van der Waals surface area contributed by atoms with E-state index in [-0.39, 0.29) is 17.0 Å². The second kappa shape index (κ2) is 9.41. The molecule has 0 bridgehead atoms. The van der Waals surface area contributed by atoms with Crippen molar-refractivity contribution in [2.75, 3.05) is 26.0 Å². The van der Waals surface area contributed by atoms with Crippen molar-refractivity contribution in [3.05, 3.63) is 51.7 Å². The van der Waals surface area contributed by atoms with E-state index in [0.717, 1.165) is 12.0 Å². The number of thiophene rings is 1. The molecule has 2 aromatic rings. The van der Waals surface area contributed by atoms with Crippen molar-refractivity contribution in [1.82, 2.24) is 4.90 Å². The third-order valence-electron chi connectivity index (χ3n) is 6.77. The summed E-state index contributed by atoms with van der Waals surface area (Å²) in [5.41, 5.74) is 9.42. The van der Waals surface area contributed by atoms with E-state index in [1.807, 2.05) is 17.9 Å². The lowest BCUT2D eigenvalue weighted by molar-refractivity contribution is 0.0628. The molecule has 1 amide bonds. The summed E-state index contributed by atoms with van der Waals surface area (Å²) in [6, 6.07) is 7.73. The molecule has 0 aliphatic carbocycles. The first kappa shape index (κ1) is 24.5. The monoisotopic (exact) mass is 472 g/mol. The fraction of sp³-hybridized carbons (Fsp3) is 0.480. The van der Waals surface area contributed by atoms with Crippen LogP contribution in [-0.4, -0.2) is 45.4 Å². The predicted molar refractivity (Wildman–Crippen MR) is 137 cm³/mol. The lowest BCUT2D eigenvalue weighted by Gasteiger charge is -2.41. The van der Waals surface area contributed by atoms with E-state index in [4.69, 9.17) is 14.9 Å². The SMILES string of the molecule is COc1cc(C(=O)N2CC=C(c3cccs3)C[C@H]2CO[Si](C)(C)C(C)(C)C)c(N)cc1C. The Kier molecular flexibility index (Phi) is 7.22. The Morgan fingerprint density at radius 3 is 2.62 bits per heavy atom. The molecule has 1 aromatic heterocycles. The van der Waals surface area contributed by atoms with Crippen molar-refractivity contribution in [1.29, 1.82) is 0 Å². The molecule has 0 unspecified atom stereocenters. The molecule has 2 heterocycles. The van der Waals surface area contributed by atoms with Gasteiger partial charge in [0.2, 0.25) is 0 Å². The van der Waals surface area contributed by atoms with Crippen LogP contribution in [0.1, 0.15) is 48.0 Å². The van der Waals surface area contributed by atoms with Crippen molar-refractivity contribution < 1.29 is 14.0 Å². The molecule has 7 heteroatoms. The topological polar surface area (TPSA) is 64.8 Å². The zero-order chi connectivity index (χ0) is 23.7. The normalized spacial score (nSPS) is 17.3. The Morgan fingerprint density at radius 1 is 1.31 bits per heavy atom. The van der Waals surface area contributed by atoms with Gasteiger partial charge in [-0.05, 0) is 66.2 Å². The molecular weight excluding hydrogens is 436 g/mol. The summed E-state index contributed by atoms with van der Waals surface area (Å²) < 4.78 is 12.0. The minimum atomic E-state index is -1.95. The van der Waals surface area contributed by atoms with Gasteiger partial charge in [-0.3, -0.25) is 4.79 Å². The number of aryl methyl sites for hydroxylation is 1. The number of carbonyl (C=O) groups is 1. The molecule has 0 spiro atoms. The molecule has 0 saturated heterocycles. The Morgan fingerprint density at radius 2 is 2.03 bits per heavy atom. The third kappa shape index (κ3) is 5.11. The quantitative estimate of drug-likeness (QED) is 0.416. The molecule has 5 nitrogen and oxygen atoms in total. The molecule has 0 fully saturated rings. The van der Waals surface area contributed by atoms with Crippen molar-refractivity contribution in [3.8, 4) is 5.75 Å². The van der Waals surface area contributed by atoms with Crippen molar-refractivity contribution in [2.45, 2.75) is 58.3 Å². The summed E-state index contributed by atoms with van der Waals surface area (Å²) in [6.07, 6.45) is 2.93. The molecule has 1 aliphatic rings. The van der Waals surface area contributed by atoms with Crippen LogP contribution in [0.4, 0.5) is 5.69 Å². The zero-order valence-electron chi connectivity index (χ0n) is 20.3. The van der Waals surface area contributed by atoms with Crippen LogP contribution in [0.3, 0.4) is 0 Å². The molecule has 0 radical (unpaired) electrons. The first-order chi connectivity index (χ1) is 14.9. The summed E-state index contributed by atoms with van der Waals surface area (Å²) in [5, 5.41) is 2.20. The Bertz CT molecular complexity index is 993. The average Bonchev–Trinajstić information content (AvgIpc) is 3.26. The van der Waals surface area contributed by atoms with Crippen molar-refractivity contribution >= 4 is 36.8 Å². The van der Waals surface area contributed by atoms with Gasteiger partial charge in [-0.25, -0.2) is 0 Å². The van der Waals surface area contributed by atoms with Gasteiger partial charge < -0.3 is 19.8 Å². The molecule has 0 saturated carbocycles. The number of anilines is 1. The number of nitrogens with zero attached hydrogens (tertiary/aromatic N) is 1. The minimum absolute atomic E-state index is 0.0505. The van der Waals surface area contributed by atoms with E-state index in [0.29, 0.717) is 30.2 Å². The fourth-order valence-electron chi connectivity index (χ4n) is 3.66. The second-order valence-electron chi connectivity index (χ2n) is 10.0. The number of methoxy groups -OCH3 is 1. The van der Waals surface area contributed by atoms with Crippen LogP contribution in [0.5, 0.6) is 5.75 Å². The average molecular weight is 473 g/mol. The van der Waals surface area contributed by atoms with Crippen LogP contribution >= 0.6 is 11.3 Å². The minimum Gasteiger partial charge on any atom is -0.496 e. The van der Waals surface area contributed by atoms with E-state index in [1.54, 1.807) is 24.5 Å². The van der Waals surface area contributed by atoms with E-state index in [9.17, 15) is 4.79 Å². The number of carbonyl (C=O) groups excluding carboxylic acids is 1.